The largest absolute Gasteiger partial charge is 0.493 e. The van der Waals surface area contributed by atoms with E-state index < -0.39 is 17.4 Å². The lowest BCUT2D eigenvalue weighted by Crippen LogP contribution is -2.53. The minimum absolute atomic E-state index is 0.0483. The van der Waals surface area contributed by atoms with Gasteiger partial charge in [-0.05, 0) is 98.2 Å². The van der Waals surface area contributed by atoms with E-state index in [-0.39, 0.29) is 18.5 Å². The van der Waals surface area contributed by atoms with Gasteiger partial charge in [-0.1, -0.05) is 12.8 Å². The van der Waals surface area contributed by atoms with E-state index in [0.29, 0.717) is 131 Å². The fourth-order valence-corrected chi connectivity index (χ4v) is 11.7. The Hall–Kier alpha value is -6.26. The molecule has 0 aromatic heterocycles. The van der Waals surface area contributed by atoms with E-state index in [2.05, 4.69) is 38.4 Å². The Balaban J connectivity index is 1.36. The fraction of sp³-hybridized carbons (Fsp3) is 0.536. The second-order valence-electron chi connectivity index (χ2n) is 19.6. The third-order valence-corrected chi connectivity index (χ3v) is 15.6. The molecule has 4 aromatic rings. The van der Waals surface area contributed by atoms with E-state index >= 15 is 0 Å². The van der Waals surface area contributed by atoms with E-state index in [1.807, 2.05) is 24.3 Å². The van der Waals surface area contributed by atoms with E-state index in [1.54, 1.807) is 71.1 Å². The number of quaternary nitrogens is 2. The molecule has 394 valence electrons. The molecular formula is C56H78N2O14+2. The van der Waals surface area contributed by atoms with Crippen molar-refractivity contribution in [1.82, 2.24) is 0 Å². The molecule has 0 spiro atoms. The highest BCUT2D eigenvalue weighted by atomic mass is 16.5. The summed E-state index contributed by atoms with van der Waals surface area (Å²) >= 11 is 0. The second kappa shape index (κ2) is 24.0. The molecule has 0 unspecified atom stereocenters. The van der Waals surface area contributed by atoms with Crippen LogP contribution in [0.15, 0.2) is 48.5 Å². The van der Waals surface area contributed by atoms with Gasteiger partial charge in [0.05, 0.1) is 117 Å². The van der Waals surface area contributed by atoms with Crippen molar-refractivity contribution < 1.29 is 76.1 Å². The summed E-state index contributed by atoms with van der Waals surface area (Å²) in [5.74, 6) is 4.03. The van der Waals surface area contributed by atoms with Crippen molar-refractivity contribution in [3.8, 4) is 57.5 Å². The molecule has 0 radical (unpaired) electrons. The summed E-state index contributed by atoms with van der Waals surface area (Å²) in [5.41, 5.74) is 5.29. The monoisotopic (exact) mass is 1000 g/mol. The first kappa shape index (κ1) is 55.1. The summed E-state index contributed by atoms with van der Waals surface area (Å²) in [5, 5.41) is 20.9. The Morgan fingerprint density at radius 3 is 1.14 bits per heavy atom. The minimum atomic E-state index is -1.07. The summed E-state index contributed by atoms with van der Waals surface area (Å²) in [7, 11) is 20.7. The Labute approximate surface area is 425 Å². The zero-order valence-corrected chi connectivity index (χ0v) is 44.6. The third-order valence-electron chi connectivity index (χ3n) is 15.6. The van der Waals surface area contributed by atoms with Crippen LogP contribution >= 0.6 is 0 Å². The molecule has 0 bridgehead atoms. The van der Waals surface area contributed by atoms with Crippen molar-refractivity contribution in [2.45, 2.75) is 82.7 Å². The molecule has 16 nitrogen and oxygen atoms in total. The number of hydrogen-bond acceptors (Lipinski definition) is 12. The van der Waals surface area contributed by atoms with Crippen LogP contribution in [0, 0.1) is 5.41 Å². The molecule has 0 saturated heterocycles. The highest BCUT2D eigenvalue weighted by Gasteiger charge is 2.46. The summed E-state index contributed by atoms with van der Waals surface area (Å²) in [6, 6.07) is 15.9. The van der Waals surface area contributed by atoms with Crippen molar-refractivity contribution in [3.05, 3.63) is 81.9 Å². The lowest BCUT2D eigenvalue weighted by molar-refractivity contribution is -0.936. The van der Waals surface area contributed by atoms with Crippen LogP contribution < -0.4 is 47.4 Å². The standard InChI is InChI=1S/C56H76N2O14/c1-57(26-19-36-28-42(63-3)44(65-5)34-40(36)51(57)38-30-46(67-7)53(71-11)47(31-38)68-8)24-16-22-56(55(61)62,21-15-13-14-18-50(59)60)23-17-25-58(2)27-20-37-29-43(64-4)45(66-6)35-41(37)52(58)39-32-48(69-9)54(72-12)49(33-39)70-10/h28-35,51-52H,13-27H2,1-12H3/p+2/t51-,52-,57+,58+/m0/s1. The summed E-state index contributed by atoms with van der Waals surface area (Å²) in [4.78, 5) is 25.5. The second-order valence-corrected chi connectivity index (χ2v) is 19.6. The number of carbonyl (C=O) groups is 2. The molecule has 16 heteroatoms. The molecule has 0 amide bonds. The first-order valence-electron chi connectivity index (χ1n) is 24.8. The number of fused-ring (bicyclic) bond motifs is 2. The zero-order chi connectivity index (χ0) is 52.4. The Morgan fingerprint density at radius 2 is 0.819 bits per heavy atom. The number of carboxylic acid groups (broad SMARTS) is 2. The van der Waals surface area contributed by atoms with E-state index in [9.17, 15) is 19.8 Å². The molecule has 4 atom stereocenters. The van der Waals surface area contributed by atoms with Gasteiger partial charge in [0, 0.05) is 41.5 Å². The SMILES string of the molecule is COc1cc2c(cc1OC)[C@H](c1cc(OC)c(OC)c(OC)c1)[N@+](C)(CCCC(CCCCCC(=O)O)(CCC[N@+]1(C)CCc3cc(OC)c(OC)cc3[C@@H]1c1cc(OC)c(OC)c(OC)c1)C(=O)O)CC2. The summed E-state index contributed by atoms with van der Waals surface area (Å²) in [6.45, 7) is 2.88. The van der Waals surface area contributed by atoms with Crippen LogP contribution in [0.3, 0.4) is 0 Å². The average molecular weight is 1000 g/mol. The minimum Gasteiger partial charge on any atom is -0.493 e. The van der Waals surface area contributed by atoms with E-state index in [1.165, 1.54) is 0 Å². The number of likely N-dealkylation sites (N-methyl/N-ethyl adjacent to an activating group) is 2. The molecule has 0 saturated carbocycles. The number of ether oxygens (including phenoxy) is 10. The molecule has 2 aliphatic heterocycles. The van der Waals surface area contributed by atoms with Crippen LogP contribution in [-0.2, 0) is 22.4 Å². The number of methoxy groups -OCH3 is 10. The van der Waals surface area contributed by atoms with Crippen molar-refractivity contribution in [1.29, 1.82) is 0 Å². The first-order valence-corrected chi connectivity index (χ1v) is 24.8. The normalized spacial score (nSPS) is 19.3. The maximum absolute atomic E-state index is 14.0. The number of hydrogen-bond donors (Lipinski definition) is 2. The van der Waals surface area contributed by atoms with Crippen molar-refractivity contribution in [2.24, 2.45) is 5.41 Å². The number of nitrogens with zero attached hydrogens (tertiary/aromatic N) is 2. The molecule has 2 heterocycles. The van der Waals surface area contributed by atoms with Gasteiger partial charge in [0.25, 0.3) is 0 Å². The number of benzene rings is 4. The van der Waals surface area contributed by atoms with Crippen LogP contribution in [-0.4, -0.2) is 142 Å². The molecule has 72 heavy (non-hydrogen) atoms. The van der Waals surface area contributed by atoms with Gasteiger partial charge in [-0.2, -0.15) is 0 Å². The van der Waals surface area contributed by atoms with Crippen molar-refractivity contribution in [2.75, 3.05) is 111 Å². The molecule has 4 aromatic carbocycles. The Bertz CT molecular complexity index is 2330. The summed E-state index contributed by atoms with van der Waals surface area (Å²) in [6.07, 6.45) is 5.86. The topological polar surface area (TPSA) is 167 Å². The molecule has 2 aliphatic rings. The third kappa shape index (κ3) is 11.3. The van der Waals surface area contributed by atoms with Crippen LogP contribution in [0.25, 0.3) is 0 Å². The lowest BCUT2D eigenvalue weighted by Gasteiger charge is -2.47. The molecule has 2 N–H and O–H groups in total. The van der Waals surface area contributed by atoms with Crippen LogP contribution in [0.2, 0.25) is 0 Å². The van der Waals surface area contributed by atoms with Gasteiger partial charge in [0.15, 0.2) is 46.0 Å². The van der Waals surface area contributed by atoms with Crippen molar-refractivity contribution in [3.63, 3.8) is 0 Å². The Kier molecular flexibility index (Phi) is 18.3. The summed E-state index contributed by atoms with van der Waals surface area (Å²) < 4.78 is 59.3. The predicted octanol–water partition coefficient (Wildman–Crippen LogP) is 9.32. The zero-order valence-electron chi connectivity index (χ0n) is 44.6. The van der Waals surface area contributed by atoms with Crippen LogP contribution in [0.4, 0.5) is 0 Å². The quantitative estimate of drug-likeness (QED) is 0.0429. The van der Waals surface area contributed by atoms with E-state index in [4.69, 9.17) is 47.4 Å². The molecule has 0 aliphatic carbocycles. The van der Waals surface area contributed by atoms with Crippen molar-refractivity contribution >= 4 is 11.9 Å². The fourth-order valence-electron chi connectivity index (χ4n) is 11.7. The van der Waals surface area contributed by atoms with Crippen LogP contribution in [0.5, 0.6) is 57.5 Å². The predicted molar refractivity (Wildman–Crippen MR) is 273 cm³/mol. The number of rotatable bonds is 27. The maximum atomic E-state index is 14.0. The molecular weight excluding hydrogens is 925 g/mol. The smallest absolute Gasteiger partial charge is 0.309 e. The Morgan fingerprint density at radius 1 is 0.472 bits per heavy atom. The lowest BCUT2D eigenvalue weighted by atomic mass is 9.74. The van der Waals surface area contributed by atoms with E-state index in [0.717, 1.165) is 59.3 Å². The highest BCUT2D eigenvalue weighted by Crippen LogP contribution is 2.51. The number of aliphatic carboxylic acids is 2. The van der Waals surface area contributed by atoms with Gasteiger partial charge in [-0.3, -0.25) is 9.59 Å². The van der Waals surface area contributed by atoms with Gasteiger partial charge >= 0.3 is 11.9 Å². The van der Waals surface area contributed by atoms with Gasteiger partial charge in [-0.25, -0.2) is 0 Å². The first-order chi connectivity index (χ1) is 34.6. The molecule has 6 rings (SSSR count). The molecule has 0 fully saturated rings. The average Bonchev–Trinajstić information content (AvgIpc) is 3.38. The van der Waals surface area contributed by atoms with Crippen LogP contribution in [0.1, 0.15) is 103 Å². The highest BCUT2D eigenvalue weighted by molar-refractivity contribution is 5.74. The number of unbranched alkanes of at least 4 members (excludes halogenated alkanes) is 2. The van der Waals surface area contributed by atoms with Gasteiger partial charge in [0.1, 0.15) is 12.1 Å². The van der Waals surface area contributed by atoms with Gasteiger partial charge in [-0.15, -0.1) is 0 Å². The number of carboxylic acids is 2. The maximum Gasteiger partial charge on any atom is 0.309 e. The van der Waals surface area contributed by atoms with Gasteiger partial charge < -0.3 is 66.5 Å². The van der Waals surface area contributed by atoms with Gasteiger partial charge in [0.2, 0.25) is 11.5 Å².